The summed E-state index contributed by atoms with van der Waals surface area (Å²) in [5, 5.41) is 3.74. The molecule has 70 valence electrons. The molecule has 0 amide bonds. The second-order valence-electron chi connectivity index (χ2n) is 2.72. The number of rotatable bonds is 4. The average Bonchev–Trinajstić information content (AvgIpc) is 2.05. The van der Waals surface area contributed by atoms with Crippen LogP contribution in [0.1, 0.15) is 0 Å². The van der Waals surface area contributed by atoms with Crippen molar-refractivity contribution in [1.29, 1.82) is 0 Å². The molecule has 1 fully saturated rings. The molecule has 1 N–H and O–H groups in total. The fourth-order valence-corrected chi connectivity index (χ4v) is 1.12. The Balaban J connectivity index is 2.01. The van der Waals surface area contributed by atoms with Crippen molar-refractivity contribution >= 4 is 11.6 Å². The molecule has 12 heavy (non-hydrogen) atoms. The molecule has 0 saturated carbocycles. The van der Waals surface area contributed by atoms with Crippen LogP contribution in [0.4, 0.5) is 0 Å². The van der Waals surface area contributed by atoms with Crippen molar-refractivity contribution in [1.82, 2.24) is 5.32 Å². The average molecular weight is 192 g/mol. The summed E-state index contributed by atoms with van der Waals surface area (Å²) in [6.45, 7) is 7.03. The van der Waals surface area contributed by atoms with Gasteiger partial charge in [0, 0.05) is 18.1 Å². The van der Waals surface area contributed by atoms with E-state index in [4.69, 9.17) is 21.1 Å². The quantitative estimate of drug-likeness (QED) is 0.711. The smallest absolute Gasteiger partial charge is 0.0933 e. The lowest BCUT2D eigenvalue weighted by molar-refractivity contribution is -0.0860. The van der Waals surface area contributed by atoms with Crippen molar-refractivity contribution < 1.29 is 9.47 Å². The van der Waals surface area contributed by atoms with Gasteiger partial charge in [0.15, 0.2) is 0 Å². The molecule has 1 unspecified atom stereocenters. The molecule has 1 rings (SSSR count). The van der Waals surface area contributed by atoms with Crippen molar-refractivity contribution in [2.24, 2.45) is 0 Å². The Morgan fingerprint density at radius 2 is 2.42 bits per heavy atom. The first kappa shape index (κ1) is 9.99. The summed E-state index contributed by atoms with van der Waals surface area (Å²) in [7, 11) is 0. The van der Waals surface area contributed by atoms with Gasteiger partial charge in [-0.2, -0.15) is 0 Å². The Morgan fingerprint density at radius 3 is 3.00 bits per heavy atom. The van der Waals surface area contributed by atoms with Crippen LogP contribution in [-0.4, -0.2) is 39.0 Å². The fraction of sp³-hybridized carbons (Fsp3) is 0.750. The van der Waals surface area contributed by atoms with Gasteiger partial charge in [-0.3, -0.25) is 0 Å². The van der Waals surface area contributed by atoms with E-state index in [1.54, 1.807) is 0 Å². The zero-order valence-electron chi connectivity index (χ0n) is 7.01. The van der Waals surface area contributed by atoms with Gasteiger partial charge < -0.3 is 14.8 Å². The molecule has 4 heteroatoms. The molecule has 0 aromatic carbocycles. The zero-order chi connectivity index (χ0) is 8.81. The highest BCUT2D eigenvalue weighted by atomic mass is 35.5. The van der Waals surface area contributed by atoms with Crippen LogP contribution in [0.5, 0.6) is 0 Å². The van der Waals surface area contributed by atoms with E-state index in [0.29, 0.717) is 31.4 Å². The Labute approximate surface area is 77.7 Å². The van der Waals surface area contributed by atoms with Crippen molar-refractivity contribution in [3.8, 4) is 0 Å². The molecular formula is C8H14ClNO2. The summed E-state index contributed by atoms with van der Waals surface area (Å²) < 4.78 is 10.6. The van der Waals surface area contributed by atoms with Crippen molar-refractivity contribution in [3.63, 3.8) is 0 Å². The molecule has 0 bridgehead atoms. The van der Waals surface area contributed by atoms with Crippen LogP contribution in [0, 0.1) is 0 Å². The van der Waals surface area contributed by atoms with E-state index in [1.807, 2.05) is 0 Å². The molecule has 1 aliphatic heterocycles. The lowest BCUT2D eigenvalue weighted by atomic mass is 10.3. The highest BCUT2D eigenvalue weighted by Gasteiger charge is 2.12. The summed E-state index contributed by atoms with van der Waals surface area (Å²) in [5.74, 6) is 0. The van der Waals surface area contributed by atoms with Gasteiger partial charge in [0.1, 0.15) is 0 Å². The Bertz CT molecular complexity index is 146. The lowest BCUT2D eigenvalue weighted by Crippen LogP contribution is -2.37. The number of hydrogen-bond acceptors (Lipinski definition) is 3. The molecule has 1 saturated heterocycles. The summed E-state index contributed by atoms with van der Waals surface area (Å²) in [5.41, 5.74) is 0. The monoisotopic (exact) mass is 191 g/mol. The molecule has 0 spiro atoms. The van der Waals surface area contributed by atoms with Crippen LogP contribution in [0.3, 0.4) is 0 Å². The maximum Gasteiger partial charge on any atom is 0.0933 e. The van der Waals surface area contributed by atoms with E-state index < -0.39 is 0 Å². The van der Waals surface area contributed by atoms with Gasteiger partial charge in [0.2, 0.25) is 0 Å². The van der Waals surface area contributed by atoms with Crippen molar-refractivity contribution in [2.75, 3.05) is 32.9 Å². The Kier molecular flexibility index (Phi) is 4.61. The van der Waals surface area contributed by atoms with E-state index in [-0.39, 0.29) is 6.10 Å². The predicted octanol–water partition coefficient (Wildman–Crippen LogP) is 0.744. The first-order valence-electron chi connectivity index (χ1n) is 4.02. The maximum absolute atomic E-state index is 5.57. The standard InChI is InChI=1S/C8H14ClNO2/c1-7(9)4-10-5-8-6-11-2-3-12-8/h8,10H,1-6H2. The number of ether oxygens (including phenoxy) is 2. The molecule has 0 aromatic heterocycles. The number of hydrogen-bond donors (Lipinski definition) is 1. The van der Waals surface area contributed by atoms with Crippen LogP contribution in [0.2, 0.25) is 0 Å². The van der Waals surface area contributed by atoms with Crippen molar-refractivity contribution in [3.05, 3.63) is 11.6 Å². The second-order valence-corrected chi connectivity index (χ2v) is 3.25. The van der Waals surface area contributed by atoms with Gasteiger partial charge in [0.25, 0.3) is 0 Å². The second kappa shape index (κ2) is 5.54. The van der Waals surface area contributed by atoms with Gasteiger partial charge in [-0.15, -0.1) is 0 Å². The highest BCUT2D eigenvalue weighted by molar-refractivity contribution is 6.29. The van der Waals surface area contributed by atoms with Crippen LogP contribution in [0.25, 0.3) is 0 Å². The molecule has 0 aliphatic carbocycles. The van der Waals surface area contributed by atoms with Gasteiger partial charge in [-0.05, 0) is 0 Å². The van der Waals surface area contributed by atoms with E-state index in [2.05, 4.69) is 11.9 Å². The van der Waals surface area contributed by atoms with Crippen LogP contribution >= 0.6 is 11.6 Å². The molecular weight excluding hydrogens is 178 g/mol. The first-order valence-corrected chi connectivity index (χ1v) is 4.40. The highest BCUT2D eigenvalue weighted by Crippen LogP contribution is 1.99. The number of nitrogens with one attached hydrogen (secondary N) is 1. The SMILES string of the molecule is C=C(Cl)CNCC1COCCO1. The fourth-order valence-electron chi connectivity index (χ4n) is 1.02. The molecule has 1 aliphatic rings. The van der Waals surface area contributed by atoms with Gasteiger partial charge in [0.05, 0.1) is 25.9 Å². The van der Waals surface area contributed by atoms with Gasteiger partial charge in [-0.1, -0.05) is 18.2 Å². The minimum Gasteiger partial charge on any atom is -0.376 e. The molecule has 1 atom stereocenters. The predicted molar refractivity (Wildman–Crippen MR) is 48.4 cm³/mol. The van der Waals surface area contributed by atoms with E-state index in [0.717, 1.165) is 6.54 Å². The van der Waals surface area contributed by atoms with Crippen LogP contribution in [0.15, 0.2) is 11.6 Å². The summed E-state index contributed by atoms with van der Waals surface area (Å²) >= 11 is 5.57. The normalized spacial score (nSPS) is 23.9. The summed E-state index contributed by atoms with van der Waals surface area (Å²) in [6.07, 6.45) is 0.162. The maximum atomic E-state index is 5.57. The van der Waals surface area contributed by atoms with Gasteiger partial charge in [-0.25, -0.2) is 0 Å². The van der Waals surface area contributed by atoms with E-state index >= 15 is 0 Å². The van der Waals surface area contributed by atoms with E-state index in [9.17, 15) is 0 Å². The molecule has 0 radical (unpaired) electrons. The molecule has 3 nitrogen and oxygen atoms in total. The van der Waals surface area contributed by atoms with Crippen LogP contribution < -0.4 is 5.32 Å². The van der Waals surface area contributed by atoms with Gasteiger partial charge >= 0.3 is 0 Å². The summed E-state index contributed by atoms with van der Waals surface area (Å²) in [6, 6.07) is 0. The number of halogens is 1. The van der Waals surface area contributed by atoms with Crippen LogP contribution in [-0.2, 0) is 9.47 Å². The van der Waals surface area contributed by atoms with Crippen molar-refractivity contribution in [2.45, 2.75) is 6.10 Å². The van der Waals surface area contributed by atoms with E-state index in [1.165, 1.54) is 0 Å². The first-order chi connectivity index (χ1) is 5.79. The Morgan fingerprint density at radius 1 is 1.58 bits per heavy atom. The summed E-state index contributed by atoms with van der Waals surface area (Å²) in [4.78, 5) is 0. The third-order valence-electron chi connectivity index (χ3n) is 1.57. The minimum atomic E-state index is 0.162. The lowest BCUT2D eigenvalue weighted by Gasteiger charge is -2.22. The third kappa shape index (κ3) is 4.07. The molecule has 1 heterocycles. The zero-order valence-corrected chi connectivity index (χ0v) is 7.77. The molecule has 0 aromatic rings. The largest absolute Gasteiger partial charge is 0.376 e. The third-order valence-corrected chi connectivity index (χ3v) is 1.71. The Hall–Kier alpha value is -0.0900. The topological polar surface area (TPSA) is 30.5 Å². The minimum absolute atomic E-state index is 0.162.